The smallest absolute Gasteiger partial charge is 0.279 e. The Bertz CT molecular complexity index is 642. The average Bonchev–Trinajstić information content (AvgIpc) is 2.50. The summed E-state index contributed by atoms with van der Waals surface area (Å²) < 4.78 is 0. The summed E-state index contributed by atoms with van der Waals surface area (Å²) in [6.07, 6.45) is 0.902. The number of aryl methyl sites for hydroxylation is 1. The fraction of sp³-hybridized carbons (Fsp3) is 0.278. The maximum atomic E-state index is 12.2. The molecule has 0 aliphatic rings. The standard InChI is InChI=1S/C18H21ClN2O/c1-3-14-8-5-7-11-17(14)20-18(22)13-21(2)12-15-9-4-6-10-16(15)19/h4-11H,3,12-13H2,1-2H3,(H,20,22)/p+1. The van der Waals surface area contributed by atoms with Gasteiger partial charge in [-0.15, -0.1) is 0 Å². The van der Waals surface area contributed by atoms with E-state index in [1.54, 1.807) is 0 Å². The van der Waals surface area contributed by atoms with Crippen LogP contribution in [0.3, 0.4) is 0 Å². The van der Waals surface area contributed by atoms with Crippen LogP contribution >= 0.6 is 11.6 Å². The number of carbonyl (C=O) groups excluding carboxylic acids is 1. The SMILES string of the molecule is CCc1ccccc1NC(=O)C[NH+](C)Cc1ccccc1Cl. The Labute approximate surface area is 136 Å². The first kappa shape index (κ1) is 16.5. The van der Waals surface area contributed by atoms with Crippen molar-refractivity contribution in [3.63, 3.8) is 0 Å². The highest BCUT2D eigenvalue weighted by Gasteiger charge is 2.13. The van der Waals surface area contributed by atoms with Gasteiger partial charge >= 0.3 is 0 Å². The van der Waals surface area contributed by atoms with Gasteiger partial charge in [0, 0.05) is 16.3 Å². The van der Waals surface area contributed by atoms with Crippen LogP contribution in [0.5, 0.6) is 0 Å². The molecule has 0 spiro atoms. The van der Waals surface area contributed by atoms with E-state index in [4.69, 9.17) is 11.6 Å². The van der Waals surface area contributed by atoms with E-state index in [0.717, 1.165) is 39.7 Å². The van der Waals surface area contributed by atoms with E-state index in [2.05, 4.69) is 12.2 Å². The van der Waals surface area contributed by atoms with Gasteiger partial charge in [0.2, 0.25) is 0 Å². The molecule has 0 heterocycles. The maximum Gasteiger partial charge on any atom is 0.279 e. The second kappa shape index (κ2) is 7.97. The second-order valence-corrected chi connectivity index (χ2v) is 5.87. The molecule has 4 heteroatoms. The van der Waals surface area contributed by atoms with E-state index in [0.29, 0.717) is 6.54 Å². The Hall–Kier alpha value is -1.84. The van der Waals surface area contributed by atoms with Crippen LogP contribution in [0.1, 0.15) is 18.1 Å². The minimum atomic E-state index is 0.0189. The third-order valence-electron chi connectivity index (χ3n) is 3.58. The van der Waals surface area contributed by atoms with Crippen molar-refractivity contribution in [2.75, 3.05) is 18.9 Å². The van der Waals surface area contributed by atoms with Crippen LogP contribution in [0.2, 0.25) is 5.02 Å². The molecule has 1 amide bonds. The van der Waals surface area contributed by atoms with Gasteiger partial charge in [-0.05, 0) is 24.1 Å². The van der Waals surface area contributed by atoms with E-state index in [9.17, 15) is 4.79 Å². The van der Waals surface area contributed by atoms with Crippen molar-refractivity contribution < 1.29 is 9.69 Å². The summed E-state index contributed by atoms with van der Waals surface area (Å²) in [6, 6.07) is 15.7. The highest BCUT2D eigenvalue weighted by molar-refractivity contribution is 6.31. The molecule has 2 rings (SSSR count). The molecule has 0 fully saturated rings. The van der Waals surface area contributed by atoms with Crippen LogP contribution in [-0.2, 0) is 17.8 Å². The van der Waals surface area contributed by atoms with Crippen LogP contribution < -0.4 is 10.2 Å². The van der Waals surface area contributed by atoms with Gasteiger partial charge in [-0.1, -0.05) is 54.9 Å². The summed E-state index contributed by atoms with van der Waals surface area (Å²) in [4.78, 5) is 13.3. The molecule has 0 aliphatic carbocycles. The predicted molar refractivity (Wildman–Crippen MR) is 91.4 cm³/mol. The van der Waals surface area contributed by atoms with Crippen molar-refractivity contribution in [1.29, 1.82) is 0 Å². The normalized spacial score (nSPS) is 12.0. The number of amides is 1. The second-order valence-electron chi connectivity index (χ2n) is 5.46. The molecule has 22 heavy (non-hydrogen) atoms. The summed E-state index contributed by atoms with van der Waals surface area (Å²) in [5, 5.41) is 3.75. The lowest BCUT2D eigenvalue weighted by Gasteiger charge is -2.15. The monoisotopic (exact) mass is 317 g/mol. The molecule has 0 radical (unpaired) electrons. The minimum Gasteiger partial charge on any atom is -0.326 e. The third-order valence-corrected chi connectivity index (χ3v) is 3.95. The van der Waals surface area contributed by atoms with Crippen molar-refractivity contribution in [2.45, 2.75) is 19.9 Å². The number of nitrogens with one attached hydrogen (secondary N) is 2. The first-order valence-electron chi connectivity index (χ1n) is 7.52. The number of para-hydroxylation sites is 1. The van der Waals surface area contributed by atoms with E-state index in [1.165, 1.54) is 0 Å². The van der Waals surface area contributed by atoms with Crippen molar-refractivity contribution in [3.05, 3.63) is 64.7 Å². The summed E-state index contributed by atoms with van der Waals surface area (Å²) in [7, 11) is 1.99. The maximum absolute atomic E-state index is 12.2. The highest BCUT2D eigenvalue weighted by Crippen LogP contribution is 2.15. The lowest BCUT2D eigenvalue weighted by Crippen LogP contribution is -3.08. The molecular formula is C18H22ClN2O+. The first-order valence-corrected chi connectivity index (χ1v) is 7.90. The number of carbonyl (C=O) groups is 1. The molecule has 1 unspecified atom stereocenters. The fourth-order valence-electron chi connectivity index (χ4n) is 2.45. The number of rotatable bonds is 6. The highest BCUT2D eigenvalue weighted by atomic mass is 35.5. The number of quaternary nitrogens is 1. The van der Waals surface area contributed by atoms with Crippen LogP contribution in [0.25, 0.3) is 0 Å². The molecule has 1 atom stereocenters. The Balaban J connectivity index is 1.93. The Morgan fingerprint density at radius 2 is 1.73 bits per heavy atom. The Morgan fingerprint density at radius 3 is 2.41 bits per heavy atom. The van der Waals surface area contributed by atoms with Crippen LogP contribution in [0.4, 0.5) is 5.69 Å². The molecule has 0 saturated carbocycles. The zero-order valence-corrected chi connectivity index (χ0v) is 13.8. The van der Waals surface area contributed by atoms with E-state index >= 15 is 0 Å². The molecular weight excluding hydrogens is 296 g/mol. The summed E-state index contributed by atoms with van der Waals surface area (Å²) in [5.41, 5.74) is 3.11. The third kappa shape index (κ3) is 4.58. The average molecular weight is 318 g/mol. The molecule has 2 N–H and O–H groups in total. The van der Waals surface area contributed by atoms with E-state index < -0.39 is 0 Å². The lowest BCUT2D eigenvalue weighted by molar-refractivity contribution is -0.885. The van der Waals surface area contributed by atoms with Crippen LogP contribution in [0, 0.1) is 0 Å². The molecule has 2 aromatic rings. The molecule has 3 nitrogen and oxygen atoms in total. The molecule has 0 saturated heterocycles. The van der Waals surface area contributed by atoms with Crippen molar-refractivity contribution in [2.24, 2.45) is 0 Å². The number of halogens is 1. The molecule has 0 aliphatic heterocycles. The molecule has 2 aromatic carbocycles. The van der Waals surface area contributed by atoms with Crippen LogP contribution in [0.15, 0.2) is 48.5 Å². The van der Waals surface area contributed by atoms with Gasteiger partial charge in [0.15, 0.2) is 6.54 Å². The van der Waals surface area contributed by atoms with Crippen molar-refractivity contribution >= 4 is 23.2 Å². The van der Waals surface area contributed by atoms with Gasteiger partial charge < -0.3 is 10.2 Å². The fourth-order valence-corrected chi connectivity index (χ4v) is 2.65. The van der Waals surface area contributed by atoms with Gasteiger partial charge in [-0.2, -0.15) is 0 Å². The first-order chi connectivity index (χ1) is 10.6. The van der Waals surface area contributed by atoms with Gasteiger partial charge in [-0.25, -0.2) is 0 Å². The Kier molecular flexibility index (Phi) is 5.99. The number of likely N-dealkylation sites (N-methyl/N-ethyl adjacent to an activating group) is 1. The number of hydrogen-bond acceptors (Lipinski definition) is 1. The van der Waals surface area contributed by atoms with Gasteiger partial charge in [0.1, 0.15) is 6.54 Å². The molecule has 0 bridgehead atoms. The molecule has 0 aromatic heterocycles. The summed E-state index contributed by atoms with van der Waals surface area (Å²) >= 11 is 6.16. The van der Waals surface area contributed by atoms with Crippen LogP contribution in [-0.4, -0.2) is 19.5 Å². The number of hydrogen-bond donors (Lipinski definition) is 2. The lowest BCUT2D eigenvalue weighted by atomic mass is 10.1. The largest absolute Gasteiger partial charge is 0.326 e. The quantitative estimate of drug-likeness (QED) is 0.843. The predicted octanol–water partition coefficient (Wildman–Crippen LogP) is 2.56. The number of benzene rings is 2. The topological polar surface area (TPSA) is 33.5 Å². The van der Waals surface area contributed by atoms with E-state index in [-0.39, 0.29) is 5.91 Å². The zero-order chi connectivity index (χ0) is 15.9. The van der Waals surface area contributed by atoms with Crippen molar-refractivity contribution in [3.8, 4) is 0 Å². The van der Waals surface area contributed by atoms with Gasteiger partial charge in [0.05, 0.1) is 7.05 Å². The van der Waals surface area contributed by atoms with Gasteiger partial charge in [-0.3, -0.25) is 4.79 Å². The molecule has 116 valence electrons. The summed E-state index contributed by atoms with van der Waals surface area (Å²) in [6.45, 7) is 3.21. The van der Waals surface area contributed by atoms with Gasteiger partial charge in [0.25, 0.3) is 5.91 Å². The number of anilines is 1. The summed E-state index contributed by atoms with van der Waals surface area (Å²) in [5.74, 6) is 0.0189. The van der Waals surface area contributed by atoms with E-state index in [1.807, 2.05) is 55.6 Å². The Morgan fingerprint density at radius 1 is 1.09 bits per heavy atom. The minimum absolute atomic E-state index is 0.0189. The van der Waals surface area contributed by atoms with Crippen molar-refractivity contribution in [1.82, 2.24) is 0 Å². The zero-order valence-electron chi connectivity index (χ0n) is 13.0.